The van der Waals surface area contributed by atoms with Gasteiger partial charge in [0.15, 0.2) is 0 Å². The number of anilines is 3. The third-order valence-corrected chi connectivity index (χ3v) is 4.54. The molecule has 1 saturated carbocycles. The number of hydrogen-bond donors (Lipinski definition) is 2. The fraction of sp³-hybridized carbons (Fsp3) is 0.286. The zero-order valence-corrected chi connectivity index (χ0v) is 15.6. The van der Waals surface area contributed by atoms with Crippen molar-refractivity contribution in [2.45, 2.75) is 25.8 Å². The second-order valence-corrected chi connectivity index (χ2v) is 6.96. The fourth-order valence-corrected chi connectivity index (χ4v) is 2.78. The first-order chi connectivity index (χ1) is 13.7. The third kappa shape index (κ3) is 4.94. The first-order valence-corrected chi connectivity index (χ1v) is 9.35. The van der Waals surface area contributed by atoms with Gasteiger partial charge in [0.05, 0.1) is 12.8 Å². The molecule has 0 unspecified atom stereocenters. The minimum Gasteiger partial charge on any atom is -0.493 e. The minimum absolute atomic E-state index is 0.0452. The van der Waals surface area contributed by atoms with Crippen molar-refractivity contribution < 1.29 is 9.13 Å². The number of halogens is 1. The van der Waals surface area contributed by atoms with Gasteiger partial charge in [0, 0.05) is 30.6 Å². The van der Waals surface area contributed by atoms with Gasteiger partial charge in [-0.05, 0) is 43.4 Å². The number of benzene rings is 1. The highest BCUT2D eigenvalue weighted by Crippen LogP contribution is 2.31. The van der Waals surface area contributed by atoms with Gasteiger partial charge in [-0.2, -0.15) is 0 Å². The van der Waals surface area contributed by atoms with Crippen LogP contribution in [0.15, 0.2) is 55.0 Å². The highest BCUT2D eigenvalue weighted by atomic mass is 19.1. The molecule has 1 fully saturated rings. The van der Waals surface area contributed by atoms with Crippen molar-refractivity contribution in [1.82, 2.24) is 15.0 Å². The summed E-state index contributed by atoms with van der Waals surface area (Å²) in [7, 11) is 0. The average Bonchev–Trinajstić information content (AvgIpc) is 3.52. The van der Waals surface area contributed by atoms with Crippen LogP contribution in [0, 0.1) is 11.7 Å². The molecule has 2 N–H and O–H groups in total. The summed E-state index contributed by atoms with van der Waals surface area (Å²) in [6, 6.07) is 10.1. The molecule has 144 valence electrons. The summed E-state index contributed by atoms with van der Waals surface area (Å²) < 4.78 is 19.1. The number of ether oxygens (including phenoxy) is 1. The minimum atomic E-state index is -0.250. The van der Waals surface area contributed by atoms with E-state index in [9.17, 15) is 4.39 Å². The maximum Gasteiger partial charge on any atom is 0.150 e. The molecule has 1 aliphatic rings. The summed E-state index contributed by atoms with van der Waals surface area (Å²) in [4.78, 5) is 12.9. The Morgan fingerprint density at radius 1 is 1.11 bits per heavy atom. The van der Waals surface area contributed by atoms with Crippen LogP contribution in [0.4, 0.5) is 21.8 Å². The number of rotatable bonds is 8. The van der Waals surface area contributed by atoms with E-state index in [1.54, 1.807) is 30.7 Å². The molecule has 2 heterocycles. The predicted molar refractivity (Wildman–Crippen MR) is 106 cm³/mol. The molecule has 0 amide bonds. The zero-order chi connectivity index (χ0) is 19.3. The van der Waals surface area contributed by atoms with Gasteiger partial charge in [-0.15, -0.1) is 0 Å². The Labute approximate surface area is 163 Å². The van der Waals surface area contributed by atoms with Crippen LogP contribution in [0.25, 0.3) is 0 Å². The average molecular weight is 379 g/mol. The molecule has 3 aromatic rings. The molecule has 1 atom stereocenters. The van der Waals surface area contributed by atoms with Crippen LogP contribution in [0.5, 0.6) is 5.75 Å². The van der Waals surface area contributed by atoms with Gasteiger partial charge in [-0.1, -0.05) is 12.1 Å². The molecule has 0 saturated heterocycles. The van der Waals surface area contributed by atoms with E-state index >= 15 is 0 Å². The van der Waals surface area contributed by atoms with Gasteiger partial charge in [0.2, 0.25) is 0 Å². The van der Waals surface area contributed by atoms with Gasteiger partial charge in [0.1, 0.15) is 29.0 Å². The lowest BCUT2D eigenvalue weighted by Gasteiger charge is -2.17. The number of nitrogens with zero attached hydrogens (tertiary/aromatic N) is 3. The maximum atomic E-state index is 13.2. The van der Waals surface area contributed by atoms with E-state index in [1.807, 2.05) is 19.1 Å². The predicted octanol–water partition coefficient (Wildman–Crippen LogP) is 4.72. The summed E-state index contributed by atoms with van der Waals surface area (Å²) >= 11 is 0. The number of pyridine rings is 1. The van der Waals surface area contributed by atoms with E-state index in [4.69, 9.17) is 4.74 Å². The van der Waals surface area contributed by atoms with Crippen molar-refractivity contribution in [3.05, 3.63) is 66.4 Å². The number of nitrogens with one attached hydrogen (secondary N) is 2. The van der Waals surface area contributed by atoms with Crippen LogP contribution < -0.4 is 15.4 Å². The third-order valence-electron chi connectivity index (χ3n) is 4.54. The van der Waals surface area contributed by atoms with Crippen LogP contribution in [0.3, 0.4) is 0 Å². The van der Waals surface area contributed by atoms with Gasteiger partial charge in [0.25, 0.3) is 0 Å². The highest BCUT2D eigenvalue weighted by Gasteiger charge is 2.22. The lowest BCUT2D eigenvalue weighted by atomic mass is 10.1. The summed E-state index contributed by atoms with van der Waals surface area (Å²) in [5.74, 6) is 3.02. The lowest BCUT2D eigenvalue weighted by molar-refractivity contribution is 0.300. The van der Waals surface area contributed by atoms with E-state index in [0.29, 0.717) is 30.0 Å². The Morgan fingerprint density at radius 3 is 2.61 bits per heavy atom. The monoisotopic (exact) mass is 379 g/mol. The summed E-state index contributed by atoms with van der Waals surface area (Å²) in [5.41, 5.74) is 0.968. The van der Waals surface area contributed by atoms with Crippen LogP contribution in [0.2, 0.25) is 0 Å². The quantitative estimate of drug-likeness (QED) is 0.590. The molecule has 1 aliphatic carbocycles. The maximum absolute atomic E-state index is 13.2. The number of hydrogen-bond acceptors (Lipinski definition) is 6. The molecule has 0 aliphatic heterocycles. The molecule has 6 nitrogen and oxygen atoms in total. The second-order valence-electron chi connectivity index (χ2n) is 6.96. The van der Waals surface area contributed by atoms with Crippen LogP contribution in [-0.2, 0) is 0 Å². The van der Waals surface area contributed by atoms with E-state index in [-0.39, 0.29) is 11.9 Å². The molecule has 0 radical (unpaired) electrons. The Balaban J connectivity index is 1.54. The van der Waals surface area contributed by atoms with E-state index < -0.39 is 0 Å². The molecular formula is C21H22FN5O. The Kier molecular flexibility index (Phi) is 5.32. The van der Waals surface area contributed by atoms with Crippen molar-refractivity contribution in [1.29, 1.82) is 0 Å². The Bertz CT molecular complexity index is 916. The first-order valence-electron chi connectivity index (χ1n) is 9.35. The van der Waals surface area contributed by atoms with Gasteiger partial charge in [-0.3, -0.25) is 4.98 Å². The smallest absolute Gasteiger partial charge is 0.150 e. The molecular weight excluding hydrogens is 357 g/mol. The Hall–Kier alpha value is -3.22. The van der Waals surface area contributed by atoms with Crippen molar-refractivity contribution >= 4 is 17.5 Å². The molecule has 0 bridgehead atoms. The van der Waals surface area contributed by atoms with Crippen molar-refractivity contribution in [2.75, 3.05) is 17.2 Å². The van der Waals surface area contributed by atoms with Gasteiger partial charge >= 0.3 is 0 Å². The normalized spacial score (nSPS) is 14.4. The largest absolute Gasteiger partial charge is 0.493 e. The number of aromatic nitrogens is 3. The van der Waals surface area contributed by atoms with Gasteiger partial charge in [-0.25, -0.2) is 14.4 Å². The standard InChI is InChI=1S/C21H22FN5O/c1-14(16-4-6-17(22)7-5-16)25-19-10-18(28-13-15-2-3-15)11-20(26-19)27-21-12-23-8-9-24-21/h4-12,14-15H,2-3,13H2,1H3,(H2,24,25,26,27)/t14-/m0/s1. The summed E-state index contributed by atoms with van der Waals surface area (Å²) in [5, 5.41) is 6.51. The molecule has 0 spiro atoms. The fourth-order valence-electron chi connectivity index (χ4n) is 2.78. The van der Waals surface area contributed by atoms with Crippen LogP contribution in [0.1, 0.15) is 31.4 Å². The second kappa shape index (κ2) is 8.21. The van der Waals surface area contributed by atoms with E-state index in [2.05, 4.69) is 25.6 Å². The molecule has 7 heteroatoms. The van der Waals surface area contributed by atoms with Gasteiger partial charge < -0.3 is 15.4 Å². The summed E-state index contributed by atoms with van der Waals surface area (Å²) in [6.45, 7) is 2.71. The van der Waals surface area contributed by atoms with Crippen LogP contribution >= 0.6 is 0 Å². The van der Waals surface area contributed by atoms with Crippen molar-refractivity contribution in [3.63, 3.8) is 0 Å². The molecule has 2 aromatic heterocycles. The molecule has 4 rings (SSSR count). The van der Waals surface area contributed by atoms with E-state index in [0.717, 1.165) is 11.3 Å². The van der Waals surface area contributed by atoms with Crippen molar-refractivity contribution in [3.8, 4) is 5.75 Å². The SMILES string of the molecule is C[C@H](Nc1cc(OCC2CC2)cc(Nc2cnccn2)n1)c1ccc(F)cc1. The lowest BCUT2D eigenvalue weighted by Crippen LogP contribution is -2.10. The Morgan fingerprint density at radius 2 is 1.89 bits per heavy atom. The highest BCUT2D eigenvalue weighted by molar-refractivity contribution is 5.58. The molecule has 1 aromatic carbocycles. The topological polar surface area (TPSA) is 72.0 Å². The zero-order valence-electron chi connectivity index (χ0n) is 15.6. The molecule has 28 heavy (non-hydrogen) atoms. The van der Waals surface area contributed by atoms with Crippen LogP contribution in [-0.4, -0.2) is 21.6 Å². The first kappa shape index (κ1) is 18.2. The van der Waals surface area contributed by atoms with Crippen molar-refractivity contribution in [2.24, 2.45) is 5.92 Å². The summed E-state index contributed by atoms with van der Waals surface area (Å²) in [6.07, 6.45) is 7.31. The van der Waals surface area contributed by atoms with E-state index in [1.165, 1.54) is 25.0 Å².